The Morgan fingerprint density at radius 2 is 1.65 bits per heavy atom. The molecule has 1 heterocycles. The SMILES string of the molecule is CCc1ccc(N(C(=O)CCc2ccc(OC)c(OC)c2OC)c2nc3ccccc3s2)cc1. The number of carbonyl (C=O) groups is 1. The Bertz CT molecular complexity index is 1250. The second-order valence-electron chi connectivity index (χ2n) is 7.71. The summed E-state index contributed by atoms with van der Waals surface area (Å²) in [6, 6.07) is 19.7. The molecule has 0 aliphatic carbocycles. The summed E-state index contributed by atoms with van der Waals surface area (Å²) in [4.78, 5) is 20.1. The van der Waals surface area contributed by atoms with E-state index >= 15 is 0 Å². The van der Waals surface area contributed by atoms with Crippen molar-refractivity contribution < 1.29 is 19.0 Å². The molecule has 4 aromatic rings. The number of thiazole rings is 1. The van der Waals surface area contributed by atoms with E-state index in [-0.39, 0.29) is 12.3 Å². The van der Waals surface area contributed by atoms with Crippen LogP contribution in [0, 0.1) is 0 Å². The molecule has 1 amide bonds. The molecule has 0 N–H and O–H groups in total. The van der Waals surface area contributed by atoms with E-state index in [0.717, 1.165) is 27.9 Å². The van der Waals surface area contributed by atoms with E-state index < -0.39 is 0 Å². The molecule has 0 aliphatic rings. The maximum absolute atomic E-state index is 13.6. The Kier molecular flexibility index (Phi) is 7.33. The van der Waals surface area contributed by atoms with Gasteiger partial charge < -0.3 is 14.2 Å². The fourth-order valence-corrected chi connectivity index (χ4v) is 4.92. The summed E-state index contributed by atoms with van der Waals surface area (Å²) >= 11 is 1.51. The number of nitrogens with zero attached hydrogens (tertiary/aromatic N) is 2. The molecule has 6 nitrogen and oxygen atoms in total. The molecule has 0 aliphatic heterocycles. The van der Waals surface area contributed by atoms with Crippen LogP contribution in [-0.2, 0) is 17.6 Å². The molecule has 1 aromatic heterocycles. The van der Waals surface area contributed by atoms with Crippen molar-refractivity contribution in [3.05, 3.63) is 71.8 Å². The second kappa shape index (κ2) is 10.6. The van der Waals surface area contributed by atoms with Crippen molar-refractivity contribution >= 4 is 38.3 Å². The van der Waals surface area contributed by atoms with Crippen LogP contribution in [0.25, 0.3) is 10.2 Å². The van der Waals surface area contributed by atoms with Crippen molar-refractivity contribution in [2.24, 2.45) is 0 Å². The van der Waals surface area contributed by atoms with Gasteiger partial charge in [-0.15, -0.1) is 0 Å². The Morgan fingerprint density at radius 1 is 0.912 bits per heavy atom. The third-order valence-corrected chi connectivity index (χ3v) is 6.74. The highest BCUT2D eigenvalue weighted by atomic mass is 32.1. The zero-order valence-corrected chi connectivity index (χ0v) is 20.6. The summed E-state index contributed by atoms with van der Waals surface area (Å²) in [5, 5.41) is 0.662. The highest BCUT2D eigenvalue weighted by Gasteiger charge is 2.23. The molecule has 3 aromatic carbocycles. The van der Waals surface area contributed by atoms with E-state index in [4.69, 9.17) is 19.2 Å². The van der Waals surface area contributed by atoms with Gasteiger partial charge in [0, 0.05) is 6.42 Å². The number of fused-ring (bicyclic) bond motifs is 1. The molecule has 0 unspecified atom stereocenters. The van der Waals surface area contributed by atoms with Crippen LogP contribution in [0.3, 0.4) is 0 Å². The van der Waals surface area contributed by atoms with Crippen LogP contribution in [0.15, 0.2) is 60.7 Å². The van der Waals surface area contributed by atoms with Gasteiger partial charge in [0.1, 0.15) is 0 Å². The molecular formula is C27H28N2O4S. The van der Waals surface area contributed by atoms with E-state index in [1.54, 1.807) is 26.2 Å². The number of hydrogen-bond acceptors (Lipinski definition) is 6. The van der Waals surface area contributed by atoms with Crippen molar-refractivity contribution in [1.29, 1.82) is 0 Å². The van der Waals surface area contributed by atoms with Crippen LogP contribution in [0.2, 0.25) is 0 Å². The zero-order valence-electron chi connectivity index (χ0n) is 19.8. The molecule has 7 heteroatoms. The Morgan fingerprint density at radius 3 is 2.29 bits per heavy atom. The maximum Gasteiger partial charge on any atom is 0.233 e. The first-order chi connectivity index (χ1) is 16.6. The van der Waals surface area contributed by atoms with Gasteiger partial charge in [-0.05, 0) is 54.3 Å². The minimum Gasteiger partial charge on any atom is -0.493 e. The third-order valence-electron chi connectivity index (χ3n) is 5.72. The molecule has 0 saturated carbocycles. The van der Waals surface area contributed by atoms with Gasteiger partial charge in [-0.25, -0.2) is 4.98 Å². The van der Waals surface area contributed by atoms with Crippen molar-refractivity contribution in [2.75, 3.05) is 26.2 Å². The lowest BCUT2D eigenvalue weighted by Gasteiger charge is -2.21. The molecule has 34 heavy (non-hydrogen) atoms. The van der Waals surface area contributed by atoms with Gasteiger partial charge in [0.2, 0.25) is 11.7 Å². The smallest absolute Gasteiger partial charge is 0.233 e. The number of para-hydroxylation sites is 1. The Balaban J connectivity index is 1.66. The molecule has 0 atom stereocenters. The fraction of sp³-hybridized carbons (Fsp3) is 0.259. The lowest BCUT2D eigenvalue weighted by Crippen LogP contribution is -2.26. The van der Waals surface area contributed by atoms with Crippen LogP contribution in [0.1, 0.15) is 24.5 Å². The highest BCUT2D eigenvalue weighted by Crippen LogP contribution is 2.40. The quantitative estimate of drug-likeness (QED) is 0.289. The number of methoxy groups -OCH3 is 3. The summed E-state index contributed by atoms with van der Waals surface area (Å²) in [7, 11) is 4.75. The van der Waals surface area contributed by atoms with E-state index in [1.807, 2.05) is 48.5 Å². The molecule has 0 spiro atoms. The normalized spacial score (nSPS) is 10.8. The van der Waals surface area contributed by atoms with Gasteiger partial charge in [0.05, 0.1) is 37.2 Å². The zero-order chi connectivity index (χ0) is 24.1. The predicted molar refractivity (Wildman–Crippen MR) is 137 cm³/mol. The summed E-state index contributed by atoms with van der Waals surface area (Å²) < 4.78 is 17.5. The molecule has 0 radical (unpaired) electrons. The van der Waals surface area contributed by atoms with Crippen LogP contribution in [0.4, 0.5) is 10.8 Å². The minimum atomic E-state index is -0.0415. The van der Waals surface area contributed by atoms with Crippen LogP contribution < -0.4 is 19.1 Å². The van der Waals surface area contributed by atoms with E-state index in [0.29, 0.717) is 28.8 Å². The van der Waals surface area contributed by atoms with Crippen LogP contribution in [-0.4, -0.2) is 32.2 Å². The van der Waals surface area contributed by atoms with Gasteiger partial charge >= 0.3 is 0 Å². The average molecular weight is 477 g/mol. The number of amides is 1. The maximum atomic E-state index is 13.6. The van der Waals surface area contributed by atoms with Gasteiger partial charge in [-0.3, -0.25) is 9.69 Å². The van der Waals surface area contributed by atoms with Crippen molar-refractivity contribution in [3.8, 4) is 17.2 Å². The number of rotatable bonds is 9. The number of aromatic nitrogens is 1. The largest absolute Gasteiger partial charge is 0.493 e. The standard InChI is InChI=1S/C27H28N2O4S/c1-5-18-10-14-20(15-11-18)29(27-28-21-8-6-7-9-23(21)34-27)24(30)17-13-19-12-16-22(31-2)26(33-4)25(19)32-3/h6-12,14-16H,5,13,17H2,1-4H3. The number of ether oxygens (including phenoxy) is 3. The van der Waals surface area contributed by atoms with E-state index in [9.17, 15) is 4.79 Å². The summed E-state index contributed by atoms with van der Waals surface area (Å²) in [6.07, 6.45) is 1.70. The molecule has 176 valence electrons. The summed E-state index contributed by atoms with van der Waals surface area (Å²) in [5.74, 6) is 1.64. The summed E-state index contributed by atoms with van der Waals surface area (Å²) in [6.45, 7) is 2.11. The van der Waals surface area contributed by atoms with Crippen molar-refractivity contribution in [1.82, 2.24) is 4.98 Å². The van der Waals surface area contributed by atoms with Crippen LogP contribution >= 0.6 is 11.3 Å². The lowest BCUT2D eigenvalue weighted by atomic mass is 10.1. The second-order valence-corrected chi connectivity index (χ2v) is 8.72. The number of benzene rings is 3. The van der Waals surface area contributed by atoms with Gasteiger partial charge in [0.15, 0.2) is 16.6 Å². The number of aryl methyl sites for hydroxylation is 2. The molecule has 0 bridgehead atoms. The monoisotopic (exact) mass is 476 g/mol. The number of hydrogen-bond donors (Lipinski definition) is 0. The molecule has 4 rings (SSSR count). The van der Waals surface area contributed by atoms with Gasteiger partial charge in [-0.2, -0.15) is 0 Å². The Labute approximate surface area is 203 Å². The average Bonchev–Trinajstić information content (AvgIpc) is 3.30. The first-order valence-electron chi connectivity index (χ1n) is 11.1. The van der Waals surface area contributed by atoms with E-state index in [1.165, 1.54) is 16.9 Å². The molecule has 0 fully saturated rings. The molecular weight excluding hydrogens is 448 g/mol. The van der Waals surface area contributed by atoms with E-state index in [2.05, 4.69) is 19.1 Å². The van der Waals surface area contributed by atoms with Gasteiger partial charge in [0.25, 0.3) is 0 Å². The summed E-state index contributed by atoms with van der Waals surface area (Å²) in [5.41, 5.74) is 3.78. The third kappa shape index (κ3) is 4.70. The minimum absolute atomic E-state index is 0.0415. The predicted octanol–water partition coefficient (Wildman–Crippen LogP) is 6.18. The van der Waals surface area contributed by atoms with Crippen LogP contribution in [0.5, 0.6) is 17.2 Å². The molecule has 0 saturated heterocycles. The first-order valence-corrected chi connectivity index (χ1v) is 12.0. The Hall–Kier alpha value is -3.58. The van der Waals surface area contributed by atoms with Crippen molar-refractivity contribution in [3.63, 3.8) is 0 Å². The highest BCUT2D eigenvalue weighted by molar-refractivity contribution is 7.22. The first kappa shape index (κ1) is 23.6. The topological polar surface area (TPSA) is 60.9 Å². The van der Waals surface area contributed by atoms with Crippen molar-refractivity contribution in [2.45, 2.75) is 26.2 Å². The number of carbonyl (C=O) groups excluding carboxylic acids is 1. The van der Waals surface area contributed by atoms with Gasteiger partial charge in [-0.1, -0.05) is 48.6 Å². The lowest BCUT2D eigenvalue weighted by molar-refractivity contribution is -0.117. The number of anilines is 2. The fourth-order valence-electron chi connectivity index (χ4n) is 3.91.